The number of allylic oxidation sites excluding steroid dienone is 2. The van der Waals surface area contributed by atoms with Crippen molar-refractivity contribution in [1.29, 1.82) is 0 Å². The van der Waals surface area contributed by atoms with E-state index in [9.17, 15) is 0 Å². The van der Waals surface area contributed by atoms with E-state index >= 15 is 0 Å². The maximum atomic E-state index is 2.39. The third-order valence-electron chi connectivity index (χ3n) is 4.91. The molecule has 0 heteroatoms. The standard InChI is InChI=1S/C13H20/c1-8-6-13-11(9(8)2)5-3-4-10-7-12(10)13/h10-13H,3-7H2,1-2H3. The normalized spacial score (nSPS) is 48.5. The summed E-state index contributed by atoms with van der Waals surface area (Å²) in [4.78, 5) is 0. The SMILES string of the molecule is CC1=C(C)C2CCCC3CC3C2C1. The van der Waals surface area contributed by atoms with Crippen LogP contribution in [0.5, 0.6) is 0 Å². The molecule has 0 saturated heterocycles. The Kier molecular flexibility index (Phi) is 1.63. The van der Waals surface area contributed by atoms with Crippen LogP contribution in [0.2, 0.25) is 0 Å². The highest BCUT2D eigenvalue weighted by molar-refractivity contribution is 5.24. The maximum Gasteiger partial charge on any atom is -0.0169 e. The molecule has 13 heavy (non-hydrogen) atoms. The summed E-state index contributed by atoms with van der Waals surface area (Å²) in [6, 6.07) is 0. The first-order valence-electron chi connectivity index (χ1n) is 5.93. The van der Waals surface area contributed by atoms with Gasteiger partial charge in [-0.3, -0.25) is 0 Å². The zero-order valence-corrected chi connectivity index (χ0v) is 8.84. The molecule has 2 fully saturated rings. The second-order valence-electron chi connectivity index (χ2n) is 5.53. The van der Waals surface area contributed by atoms with E-state index < -0.39 is 0 Å². The minimum absolute atomic E-state index is 0.998. The molecule has 0 aromatic heterocycles. The van der Waals surface area contributed by atoms with E-state index in [1.54, 1.807) is 24.0 Å². The Labute approximate surface area is 81.4 Å². The summed E-state index contributed by atoms with van der Waals surface area (Å²) in [6.45, 7) is 4.75. The van der Waals surface area contributed by atoms with Crippen LogP contribution in [-0.4, -0.2) is 0 Å². The molecule has 0 radical (unpaired) electrons. The highest BCUT2D eigenvalue weighted by Gasteiger charge is 2.49. The van der Waals surface area contributed by atoms with Crippen LogP contribution in [-0.2, 0) is 0 Å². The molecule has 0 spiro atoms. The Morgan fingerprint density at radius 2 is 1.92 bits per heavy atom. The van der Waals surface area contributed by atoms with Crippen molar-refractivity contribution in [3.8, 4) is 0 Å². The van der Waals surface area contributed by atoms with Gasteiger partial charge in [0.1, 0.15) is 0 Å². The van der Waals surface area contributed by atoms with Crippen molar-refractivity contribution >= 4 is 0 Å². The van der Waals surface area contributed by atoms with Gasteiger partial charge in [0, 0.05) is 0 Å². The molecule has 0 amide bonds. The molecule has 4 unspecified atom stereocenters. The predicted molar refractivity (Wildman–Crippen MR) is 55.4 cm³/mol. The predicted octanol–water partition coefficient (Wildman–Crippen LogP) is 3.78. The molecule has 0 nitrogen and oxygen atoms in total. The van der Waals surface area contributed by atoms with Crippen molar-refractivity contribution in [2.75, 3.05) is 0 Å². The lowest BCUT2D eigenvalue weighted by Crippen LogP contribution is -2.11. The molecule has 3 aliphatic rings. The molecule has 3 aliphatic carbocycles. The van der Waals surface area contributed by atoms with Gasteiger partial charge in [0.15, 0.2) is 0 Å². The smallest absolute Gasteiger partial charge is 0.0169 e. The molecule has 0 heterocycles. The number of fused-ring (bicyclic) bond motifs is 3. The molecule has 72 valence electrons. The fraction of sp³-hybridized carbons (Fsp3) is 0.846. The first-order valence-corrected chi connectivity index (χ1v) is 5.93. The molecule has 0 N–H and O–H groups in total. The Bertz CT molecular complexity index is 261. The summed E-state index contributed by atoms with van der Waals surface area (Å²) >= 11 is 0. The summed E-state index contributed by atoms with van der Waals surface area (Å²) in [5.74, 6) is 4.36. The van der Waals surface area contributed by atoms with Crippen LogP contribution in [0.3, 0.4) is 0 Å². The lowest BCUT2D eigenvalue weighted by molar-refractivity contribution is 0.353. The van der Waals surface area contributed by atoms with Crippen LogP contribution in [0.25, 0.3) is 0 Å². The second-order valence-corrected chi connectivity index (χ2v) is 5.53. The van der Waals surface area contributed by atoms with Gasteiger partial charge in [0.2, 0.25) is 0 Å². The van der Waals surface area contributed by atoms with Gasteiger partial charge in [-0.15, -0.1) is 0 Å². The molecule has 0 aromatic carbocycles. The number of hydrogen-bond donors (Lipinski definition) is 0. The van der Waals surface area contributed by atoms with Gasteiger partial charge in [0.05, 0.1) is 0 Å². The van der Waals surface area contributed by atoms with Crippen molar-refractivity contribution in [1.82, 2.24) is 0 Å². The van der Waals surface area contributed by atoms with E-state index in [4.69, 9.17) is 0 Å². The summed E-state index contributed by atoms with van der Waals surface area (Å²) in [5, 5.41) is 0. The molecular weight excluding hydrogens is 156 g/mol. The summed E-state index contributed by atoms with van der Waals surface area (Å²) in [7, 11) is 0. The molecule has 3 rings (SSSR count). The minimum atomic E-state index is 0.998. The van der Waals surface area contributed by atoms with E-state index in [1.807, 2.05) is 0 Å². The maximum absolute atomic E-state index is 2.39. The Balaban J connectivity index is 1.87. The third kappa shape index (κ3) is 1.11. The van der Waals surface area contributed by atoms with Crippen molar-refractivity contribution in [3.63, 3.8) is 0 Å². The van der Waals surface area contributed by atoms with Crippen LogP contribution in [0.4, 0.5) is 0 Å². The van der Waals surface area contributed by atoms with Gasteiger partial charge in [-0.2, -0.15) is 0 Å². The van der Waals surface area contributed by atoms with Crippen LogP contribution in [0.1, 0.15) is 46.0 Å². The lowest BCUT2D eigenvalue weighted by atomic mass is 9.86. The van der Waals surface area contributed by atoms with Gasteiger partial charge in [-0.05, 0) is 56.8 Å². The van der Waals surface area contributed by atoms with Crippen molar-refractivity contribution < 1.29 is 0 Å². The van der Waals surface area contributed by atoms with E-state index in [2.05, 4.69) is 13.8 Å². The molecule has 0 aromatic rings. The van der Waals surface area contributed by atoms with Gasteiger partial charge < -0.3 is 0 Å². The van der Waals surface area contributed by atoms with E-state index in [1.165, 1.54) is 19.3 Å². The summed E-state index contributed by atoms with van der Waals surface area (Å²) < 4.78 is 0. The van der Waals surface area contributed by atoms with Gasteiger partial charge in [0.25, 0.3) is 0 Å². The number of hydrogen-bond acceptors (Lipinski definition) is 0. The summed E-state index contributed by atoms with van der Waals surface area (Å²) in [6.07, 6.45) is 7.57. The molecular formula is C13H20. The number of rotatable bonds is 0. The highest BCUT2D eigenvalue weighted by atomic mass is 14.5. The fourth-order valence-electron chi connectivity index (χ4n) is 3.90. The van der Waals surface area contributed by atoms with Crippen molar-refractivity contribution in [3.05, 3.63) is 11.1 Å². The van der Waals surface area contributed by atoms with E-state index in [0.717, 1.165) is 23.7 Å². The van der Waals surface area contributed by atoms with Crippen molar-refractivity contribution in [2.24, 2.45) is 23.7 Å². The summed E-state index contributed by atoms with van der Waals surface area (Å²) in [5.41, 5.74) is 3.49. The topological polar surface area (TPSA) is 0 Å². The zero-order chi connectivity index (χ0) is 9.00. The monoisotopic (exact) mass is 176 g/mol. The van der Waals surface area contributed by atoms with Crippen LogP contribution >= 0.6 is 0 Å². The quantitative estimate of drug-likeness (QED) is 0.493. The molecule has 0 bridgehead atoms. The van der Waals surface area contributed by atoms with Crippen molar-refractivity contribution in [2.45, 2.75) is 46.0 Å². The van der Waals surface area contributed by atoms with Gasteiger partial charge >= 0.3 is 0 Å². The van der Waals surface area contributed by atoms with Gasteiger partial charge in [-0.1, -0.05) is 24.0 Å². The molecule has 0 aliphatic heterocycles. The largest absolute Gasteiger partial charge is 0.0738 e. The third-order valence-corrected chi connectivity index (χ3v) is 4.91. The Morgan fingerprint density at radius 3 is 2.77 bits per heavy atom. The molecule has 2 saturated carbocycles. The minimum Gasteiger partial charge on any atom is -0.0738 e. The lowest BCUT2D eigenvalue weighted by Gasteiger charge is -2.19. The van der Waals surface area contributed by atoms with Crippen LogP contribution in [0.15, 0.2) is 11.1 Å². The Hall–Kier alpha value is -0.260. The van der Waals surface area contributed by atoms with Crippen LogP contribution < -0.4 is 0 Å². The Morgan fingerprint density at radius 1 is 1.08 bits per heavy atom. The molecule has 4 atom stereocenters. The highest BCUT2D eigenvalue weighted by Crippen LogP contribution is 2.58. The average Bonchev–Trinajstić information content (AvgIpc) is 2.81. The first-order chi connectivity index (χ1) is 6.27. The average molecular weight is 176 g/mol. The second kappa shape index (κ2) is 2.62. The van der Waals surface area contributed by atoms with E-state index in [0.29, 0.717) is 0 Å². The van der Waals surface area contributed by atoms with Crippen LogP contribution in [0, 0.1) is 23.7 Å². The zero-order valence-electron chi connectivity index (χ0n) is 8.84. The van der Waals surface area contributed by atoms with Gasteiger partial charge in [-0.25, -0.2) is 0 Å². The first kappa shape index (κ1) is 8.08. The fourth-order valence-corrected chi connectivity index (χ4v) is 3.90. The van der Waals surface area contributed by atoms with E-state index in [-0.39, 0.29) is 0 Å².